The first-order valence-corrected chi connectivity index (χ1v) is 10.1. The number of likely N-dealkylation sites (tertiary alicyclic amines) is 1. The molecule has 0 radical (unpaired) electrons. The minimum Gasteiger partial charge on any atom is -0.374 e. The summed E-state index contributed by atoms with van der Waals surface area (Å²) in [7, 11) is 4.00. The number of nitrogens with one attached hydrogen (secondary N) is 2. The summed E-state index contributed by atoms with van der Waals surface area (Å²) in [6.45, 7) is 11.7. The summed E-state index contributed by atoms with van der Waals surface area (Å²) in [5.41, 5.74) is 0. The molecule has 2 unspecified atom stereocenters. The van der Waals surface area contributed by atoms with Crippen LogP contribution in [0.1, 0.15) is 39.5 Å². The number of nitrogens with zero attached hydrogens (tertiary/aromatic N) is 3. The fraction of sp³-hybridized carbons (Fsp3) is 0.947. The lowest BCUT2D eigenvalue weighted by Crippen LogP contribution is -2.52. The number of ether oxygens (including phenoxy) is 1. The summed E-state index contributed by atoms with van der Waals surface area (Å²) < 4.78 is 5.82. The standard InChI is InChI=1S/C19H39N5O/c1-16(2)18(24-9-7-5-6-8-10-24)14-22-19(20-3)21-13-17-15-23(4)11-12-25-17/h16-18H,5-15H2,1-4H3,(H2,20,21,22). The number of guanidine groups is 1. The van der Waals surface area contributed by atoms with E-state index in [-0.39, 0.29) is 6.10 Å². The Hall–Kier alpha value is -0.850. The van der Waals surface area contributed by atoms with Gasteiger partial charge in [0.05, 0.1) is 12.7 Å². The number of hydrogen-bond donors (Lipinski definition) is 2. The molecule has 0 aromatic carbocycles. The van der Waals surface area contributed by atoms with E-state index in [2.05, 4.69) is 46.3 Å². The fourth-order valence-electron chi connectivity index (χ4n) is 3.84. The minimum atomic E-state index is 0.240. The first-order valence-electron chi connectivity index (χ1n) is 10.1. The summed E-state index contributed by atoms with van der Waals surface area (Å²) >= 11 is 0. The third kappa shape index (κ3) is 7.12. The highest BCUT2D eigenvalue weighted by atomic mass is 16.5. The van der Waals surface area contributed by atoms with Crippen LogP contribution in [0.2, 0.25) is 0 Å². The Morgan fingerprint density at radius 3 is 2.44 bits per heavy atom. The molecule has 0 aliphatic carbocycles. The Bertz CT molecular complexity index is 393. The van der Waals surface area contributed by atoms with Gasteiger partial charge in [0.2, 0.25) is 0 Å². The van der Waals surface area contributed by atoms with E-state index < -0.39 is 0 Å². The van der Waals surface area contributed by atoms with Crippen molar-refractivity contribution in [2.45, 2.75) is 51.7 Å². The Morgan fingerprint density at radius 1 is 1.12 bits per heavy atom. The maximum atomic E-state index is 5.82. The Balaban J connectivity index is 1.78. The SMILES string of the molecule is CN=C(NCC1CN(C)CCO1)NCC(C(C)C)N1CCCCCC1. The molecule has 0 aromatic rings. The van der Waals surface area contributed by atoms with Gasteiger partial charge in [0.25, 0.3) is 0 Å². The molecule has 0 amide bonds. The number of aliphatic imine (C=N–C) groups is 1. The summed E-state index contributed by atoms with van der Waals surface area (Å²) in [5.74, 6) is 1.52. The van der Waals surface area contributed by atoms with Gasteiger partial charge >= 0.3 is 0 Å². The average molecular weight is 354 g/mol. The normalized spacial score (nSPS) is 25.6. The van der Waals surface area contributed by atoms with Crippen molar-refractivity contribution < 1.29 is 4.74 Å². The molecule has 2 fully saturated rings. The second kappa shape index (κ2) is 11.0. The molecule has 0 saturated carbocycles. The van der Waals surface area contributed by atoms with Crippen molar-refractivity contribution in [1.29, 1.82) is 0 Å². The molecule has 0 aromatic heterocycles. The van der Waals surface area contributed by atoms with Crippen molar-refractivity contribution in [3.05, 3.63) is 0 Å². The van der Waals surface area contributed by atoms with Gasteiger partial charge in [-0.25, -0.2) is 0 Å². The number of morpholine rings is 1. The molecule has 25 heavy (non-hydrogen) atoms. The van der Waals surface area contributed by atoms with E-state index in [0.29, 0.717) is 12.0 Å². The summed E-state index contributed by atoms with van der Waals surface area (Å²) in [5, 5.41) is 6.99. The van der Waals surface area contributed by atoms with Crippen LogP contribution in [0.4, 0.5) is 0 Å². The van der Waals surface area contributed by atoms with E-state index in [9.17, 15) is 0 Å². The zero-order valence-electron chi connectivity index (χ0n) is 16.8. The average Bonchev–Trinajstić information content (AvgIpc) is 2.87. The molecule has 2 rings (SSSR count). The molecule has 0 spiro atoms. The van der Waals surface area contributed by atoms with Crippen molar-refractivity contribution in [1.82, 2.24) is 20.4 Å². The third-order valence-electron chi connectivity index (χ3n) is 5.42. The van der Waals surface area contributed by atoms with Gasteiger partial charge in [0.15, 0.2) is 5.96 Å². The van der Waals surface area contributed by atoms with E-state index in [4.69, 9.17) is 4.74 Å². The van der Waals surface area contributed by atoms with Crippen molar-refractivity contribution in [3.63, 3.8) is 0 Å². The zero-order chi connectivity index (χ0) is 18.1. The van der Waals surface area contributed by atoms with Crippen LogP contribution in [-0.2, 0) is 4.74 Å². The predicted octanol–water partition coefficient (Wildman–Crippen LogP) is 1.38. The molecule has 2 saturated heterocycles. The summed E-state index contributed by atoms with van der Waals surface area (Å²) in [6.07, 6.45) is 5.68. The van der Waals surface area contributed by atoms with Crippen molar-refractivity contribution in [2.24, 2.45) is 10.9 Å². The van der Waals surface area contributed by atoms with Crippen molar-refractivity contribution in [2.75, 3.05) is 60.0 Å². The second-order valence-corrected chi connectivity index (χ2v) is 7.85. The Labute approximate surface area is 154 Å². The first kappa shape index (κ1) is 20.5. The van der Waals surface area contributed by atoms with Crippen LogP contribution in [-0.4, -0.2) is 87.9 Å². The van der Waals surface area contributed by atoms with Crippen LogP contribution in [0.3, 0.4) is 0 Å². The van der Waals surface area contributed by atoms with Gasteiger partial charge in [-0.05, 0) is 38.9 Å². The molecule has 2 aliphatic rings. The smallest absolute Gasteiger partial charge is 0.191 e. The van der Waals surface area contributed by atoms with E-state index >= 15 is 0 Å². The van der Waals surface area contributed by atoms with E-state index in [0.717, 1.165) is 38.7 Å². The third-order valence-corrected chi connectivity index (χ3v) is 5.42. The molecule has 6 heteroatoms. The summed E-state index contributed by atoms with van der Waals surface area (Å²) in [6, 6.07) is 0.564. The van der Waals surface area contributed by atoms with E-state index in [1.54, 1.807) is 0 Å². The quantitative estimate of drug-likeness (QED) is 0.558. The molecule has 146 valence electrons. The van der Waals surface area contributed by atoms with E-state index in [1.807, 2.05) is 7.05 Å². The predicted molar refractivity (Wildman–Crippen MR) is 105 cm³/mol. The second-order valence-electron chi connectivity index (χ2n) is 7.85. The van der Waals surface area contributed by atoms with Crippen LogP contribution in [0.5, 0.6) is 0 Å². The number of likely N-dealkylation sites (N-methyl/N-ethyl adjacent to an activating group) is 1. The lowest BCUT2D eigenvalue weighted by molar-refractivity contribution is -0.0161. The van der Waals surface area contributed by atoms with Gasteiger partial charge in [-0.3, -0.25) is 9.89 Å². The molecule has 2 aliphatic heterocycles. The Morgan fingerprint density at radius 2 is 1.84 bits per heavy atom. The van der Waals surface area contributed by atoms with E-state index in [1.165, 1.54) is 38.8 Å². The Kier molecular flexibility index (Phi) is 8.99. The molecule has 0 bridgehead atoms. The monoisotopic (exact) mass is 353 g/mol. The molecule has 6 nitrogen and oxygen atoms in total. The highest BCUT2D eigenvalue weighted by Crippen LogP contribution is 2.17. The lowest BCUT2D eigenvalue weighted by atomic mass is 10.0. The van der Waals surface area contributed by atoms with Crippen molar-refractivity contribution in [3.8, 4) is 0 Å². The minimum absolute atomic E-state index is 0.240. The highest BCUT2D eigenvalue weighted by Gasteiger charge is 2.23. The number of hydrogen-bond acceptors (Lipinski definition) is 4. The zero-order valence-corrected chi connectivity index (χ0v) is 16.8. The van der Waals surface area contributed by atoms with Gasteiger partial charge in [-0.15, -0.1) is 0 Å². The topological polar surface area (TPSA) is 52.1 Å². The fourth-order valence-corrected chi connectivity index (χ4v) is 3.84. The molecule has 2 atom stereocenters. The maximum absolute atomic E-state index is 5.82. The molecular weight excluding hydrogens is 314 g/mol. The van der Waals surface area contributed by atoms with Gasteiger partial charge in [0, 0.05) is 39.3 Å². The van der Waals surface area contributed by atoms with Crippen LogP contribution >= 0.6 is 0 Å². The van der Waals surface area contributed by atoms with Gasteiger partial charge in [-0.1, -0.05) is 26.7 Å². The number of rotatable bonds is 6. The van der Waals surface area contributed by atoms with Gasteiger partial charge in [-0.2, -0.15) is 0 Å². The largest absolute Gasteiger partial charge is 0.374 e. The summed E-state index contributed by atoms with van der Waals surface area (Å²) in [4.78, 5) is 9.39. The van der Waals surface area contributed by atoms with Crippen molar-refractivity contribution >= 4 is 5.96 Å². The molecule has 2 heterocycles. The first-order chi connectivity index (χ1) is 12.1. The van der Waals surface area contributed by atoms with Crippen LogP contribution in [0.15, 0.2) is 4.99 Å². The molecule has 2 N–H and O–H groups in total. The lowest BCUT2D eigenvalue weighted by Gasteiger charge is -2.34. The van der Waals surface area contributed by atoms with Crippen LogP contribution in [0, 0.1) is 5.92 Å². The maximum Gasteiger partial charge on any atom is 0.191 e. The van der Waals surface area contributed by atoms with Crippen LogP contribution < -0.4 is 10.6 Å². The highest BCUT2D eigenvalue weighted by molar-refractivity contribution is 5.79. The van der Waals surface area contributed by atoms with Gasteiger partial charge in [0.1, 0.15) is 0 Å². The van der Waals surface area contributed by atoms with Crippen LogP contribution in [0.25, 0.3) is 0 Å². The van der Waals surface area contributed by atoms with Gasteiger partial charge < -0.3 is 20.3 Å². The molecular formula is C19H39N5O.